The van der Waals surface area contributed by atoms with Gasteiger partial charge >= 0.3 is 0 Å². The van der Waals surface area contributed by atoms with Crippen LogP contribution < -0.4 is 11.5 Å². The Morgan fingerprint density at radius 2 is 1.92 bits per heavy atom. The van der Waals surface area contributed by atoms with E-state index in [0.717, 1.165) is 11.0 Å². The van der Waals surface area contributed by atoms with Crippen LogP contribution in [0, 0.1) is 0 Å². The fourth-order valence-corrected chi connectivity index (χ4v) is 1.25. The monoisotopic (exact) mass is 182 g/mol. The van der Waals surface area contributed by atoms with E-state index in [1.165, 1.54) is 0 Å². The fourth-order valence-electron chi connectivity index (χ4n) is 1.06. The molecule has 0 spiro atoms. The van der Waals surface area contributed by atoms with Crippen molar-refractivity contribution < 1.29 is 0 Å². The van der Waals surface area contributed by atoms with Crippen LogP contribution in [0.1, 0.15) is 0 Å². The Kier molecular flexibility index (Phi) is 1.38. The van der Waals surface area contributed by atoms with Gasteiger partial charge in [0, 0.05) is 0 Å². The Morgan fingerprint density at radius 1 is 1.25 bits per heavy atom. The molecule has 1 heterocycles. The van der Waals surface area contributed by atoms with Crippen molar-refractivity contribution in [2.24, 2.45) is 0 Å². The molecule has 0 atom stereocenters. The van der Waals surface area contributed by atoms with Crippen LogP contribution in [0.15, 0.2) is 12.1 Å². The molecule has 0 radical (unpaired) electrons. The summed E-state index contributed by atoms with van der Waals surface area (Å²) in [6.45, 7) is 0. The largest absolute Gasteiger partial charge is 0.397 e. The number of halogens is 1. The van der Waals surface area contributed by atoms with E-state index in [4.69, 9.17) is 23.1 Å². The molecule has 12 heavy (non-hydrogen) atoms. The molecular weight excluding hydrogens is 176 g/mol. The zero-order valence-corrected chi connectivity index (χ0v) is 6.89. The van der Waals surface area contributed by atoms with Gasteiger partial charge in [0.25, 0.3) is 0 Å². The van der Waals surface area contributed by atoms with Gasteiger partial charge in [0.05, 0.1) is 22.4 Å². The highest BCUT2D eigenvalue weighted by molar-refractivity contribution is 6.29. The van der Waals surface area contributed by atoms with Crippen molar-refractivity contribution in [3.63, 3.8) is 0 Å². The number of H-pyrrole nitrogens is 1. The van der Waals surface area contributed by atoms with E-state index < -0.39 is 0 Å². The van der Waals surface area contributed by atoms with Crippen molar-refractivity contribution in [2.45, 2.75) is 0 Å². The van der Waals surface area contributed by atoms with Gasteiger partial charge in [-0.3, -0.25) is 0 Å². The molecule has 0 fully saturated rings. The molecule has 2 rings (SSSR count). The number of aromatic nitrogens is 2. The van der Waals surface area contributed by atoms with Crippen LogP contribution in [0.3, 0.4) is 0 Å². The summed E-state index contributed by atoms with van der Waals surface area (Å²) in [7, 11) is 0. The molecule has 0 saturated carbocycles. The Labute approximate surface area is 73.5 Å². The molecule has 4 nitrogen and oxygen atoms in total. The highest BCUT2D eigenvalue weighted by Crippen LogP contribution is 2.22. The van der Waals surface area contributed by atoms with Crippen molar-refractivity contribution in [3.05, 3.63) is 17.4 Å². The van der Waals surface area contributed by atoms with Gasteiger partial charge in [0.2, 0.25) is 5.28 Å². The maximum atomic E-state index is 5.64. The van der Waals surface area contributed by atoms with Gasteiger partial charge in [-0.25, -0.2) is 4.98 Å². The zero-order valence-electron chi connectivity index (χ0n) is 6.13. The fraction of sp³-hybridized carbons (Fsp3) is 0. The third-order valence-electron chi connectivity index (χ3n) is 1.66. The number of nitrogens with one attached hydrogen (secondary N) is 1. The lowest BCUT2D eigenvalue weighted by atomic mass is 10.2. The minimum atomic E-state index is 0.343. The maximum absolute atomic E-state index is 5.64. The Bertz CT molecular complexity index is 395. The number of hydrogen-bond donors (Lipinski definition) is 3. The summed E-state index contributed by atoms with van der Waals surface area (Å²) in [4.78, 5) is 6.83. The third-order valence-corrected chi connectivity index (χ3v) is 1.84. The lowest BCUT2D eigenvalue weighted by Gasteiger charge is -1.97. The number of benzene rings is 1. The summed E-state index contributed by atoms with van der Waals surface area (Å²) in [5, 5.41) is 0.343. The summed E-state index contributed by atoms with van der Waals surface area (Å²) in [5.41, 5.74) is 13.7. The van der Waals surface area contributed by atoms with Gasteiger partial charge in [0.15, 0.2) is 0 Å². The topological polar surface area (TPSA) is 80.7 Å². The lowest BCUT2D eigenvalue weighted by Crippen LogP contribution is -1.93. The van der Waals surface area contributed by atoms with Gasteiger partial charge in [-0.2, -0.15) is 0 Å². The molecular formula is C7H7ClN4. The van der Waals surface area contributed by atoms with E-state index >= 15 is 0 Å². The van der Waals surface area contributed by atoms with Crippen LogP contribution in [0.2, 0.25) is 5.28 Å². The Morgan fingerprint density at radius 3 is 2.67 bits per heavy atom. The number of anilines is 2. The summed E-state index contributed by atoms with van der Waals surface area (Å²) >= 11 is 5.64. The minimum Gasteiger partial charge on any atom is -0.397 e. The molecule has 0 saturated heterocycles. The molecule has 62 valence electrons. The first kappa shape index (κ1) is 7.24. The van der Waals surface area contributed by atoms with Gasteiger partial charge < -0.3 is 16.5 Å². The molecule has 0 aliphatic heterocycles. The molecule has 1 aromatic carbocycles. The van der Waals surface area contributed by atoms with Crippen molar-refractivity contribution in [2.75, 3.05) is 11.5 Å². The molecule has 0 unspecified atom stereocenters. The van der Waals surface area contributed by atoms with Crippen molar-refractivity contribution in [1.82, 2.24) is 9.97 Å². The Balaban J connectivity index is 2.83. The molecule has 1 aromatic heterocycles. The summed E-state index contributed by atoms with van der Waals surface area (Å²) < 4.78 is 0. The number of nitrogens with zero attached hydrogens (tertiary/aromatic N) is 1. The zero-order chi connectivity index (χ0) is 8.72. The van der Waals surface area contributed by atoms with E-state index in [9.17, 15) is 0 Å². The van der Waals surface area contributed by atoms with Crippen molar-refractivity contribution in [1.29, 1.82) is 0 Å². The summed E-state index contributed by atoms with van der Waals surface area (Å²) in [5.74, 6) is 0. The van der Waals surface area contributed by atoms with Crippen LogP contribution in [-0.4, -0.2) is 9.97 Å². The number of nitrogens with two attached hydrogens (primary N) is 2. The van der Waals surface area contributed by atoms with E-state index in [-0.39, 0.29) is 0 Å². The van der Waals surface area contributed by atoms with E-state index in [1.807, 2.05) is 0 Å². The molecule has 0 bridgehead atoms. The van der Waals surface area contributed by atoms with E-state index in [2.05, 4.69) is 9.97 Å². The first-order chi connectivity index (χ1) is 5.66. The second-order valence-corrected chi connectivity index (χ2v) is 2.88. The average molecular weight is 183 g/mol. The van der Waals surface area contributed by atoms with Crippen LogP contribution in [0.5, 0.6) is 0 Å². The number of nitrogen functional groups attached to an aromatic ring is 2. The number of rotatable bonds is 0. The summed E-state index contributed by atoms with van der Waals surface area (Å²) in [6, 6.07) is 3.40. The molecule has 5 N–H and O–H groups in total. The van der Waals surface area contributed by atoms with Crippen LogP contribution in [-0.2, 0) is 0 Å². The van der Waals surface area contributed by atoms with Crippen molar-refractivity contribution >= 4 is 34.0 Å². The first-order valence-electron chi connectivity index (χ1n) is 3.37. The molecule has 5 heteroatoms. The van der Waals surface area contributed by atoms with Gasteiger partial charge in [-0.15, -0.1) is 0 Å². The number of hydrogen-bond acceptors (Lipinski definition) is 3. The SMILES string of the molecule is Nc1cc2nc(Cl)[nH]c2cc1N. The second kappa shape index (κ2) is 2.28. The number of imidazole rings is 1. The van der Waals surface area contributed by atoms with Gasteiger partial charge in [-0.05, 0) is 23.7 Å². The first-order valence-corrected chi connectivity index (χ1v) is 3.75. The number of aromatic amines is 1. The normalized spacial score (nSPS) is 10.8. The second-order valence-electron chi connectivity index (χ2n) is 2.53. The Hall–Kier alpha value is -1.42. The minimum absolute atomic E-state index is 0.343. The molecule has 0 amide bonds. The average Bonchev–Trinajstić information content (AvgIpc) is 2.30. The van der Waals surface area contributed by atoms with Crippen molar-refractivity contribution in [3.8, 4) is 0 Å². The van der Waals surface area contributed by atoms with Crippen LogP contribution >= 0.6 is 11.6 Å². The molecule has 0 aliphatic carbocycles. The third kappa shape index (κ3) is 0.967. The van der Waals surface area contributed by atoms with E-state index in [0.29, 0.717) is 16.7 Å². The van der Waals surface area contributed by atoms with Crippen LogP contribution in [0.4, 0.5) is 11.4 Å². The smallest absolute Gasteiger partial charge is 0.201 e. The summed E-state index contributed by atoms with van der Waals surface area (Å²) in [6.07, 6.45) is 0. The lowest BCUT2D eigenvalue weighted by molar-refractivity contribution is 1.34. The van der Waals surface area contributed by atoms with Crippen LogP contribution in [0.25, 0.3) is 11.0 Å². The van der Waals surface area contributed by atoms with E-state index in [1.54, 1.807) is 12.1 Å². The highest BCUT2D eigenvalue weighted by Gasteiger charge is 2.02. The quantitative estimate of drug-likeness (QED) is 0.539. The molecule has 2 aromatic rings. The van der Waals surface area contributed by atoms with Gasteiger partial charge in [0.1, 0.15) is 0 Å². The number of fused-ring (bicyclic) bond motifs is 1. The standard InChI is InChI=1S/C7H7ClN4/c8-7-11-5-1-3(9)4(10)2-6(5)12-7/h1-2H,9-10H2,(H,11,12). The molecule has 0 aliphatic rings. The maximum Gasteiger partial charge on any atom is 0.201 e. The van der Waals surface area contributed by atoms with Gasteiger partial charge in [-0.1, -0.05) is 0 Å². The predicted octanol–water partition coefficient (Wildman–Crippen LogP) is 1.38. The predicted molar refractivity (Wildman–Crippen MR) is 49.9 cm³/mol. The highest BCUT2D eigenvalue weighted by atomic mass is 35.5.